The first kappa shape index (κ1) is 11.8. The summed E-state index contributed by atoms with van der Waals surface area (Å²) in [4.78, 5) is 28.9. The van der Waals surface area contributed by atoms with Gasteiger partial charge in [0.25, 0.3) is 0 Å². The molecule has 3 rings (SSSR count). The van der Waals surface area contributed by atoms with Gasteiger partial charge < -0.3 is 5.32 Å². The lowest BCUT2D eigenvalue weighted by Gasteiger charge is -2.34. The van der Waals surface area contributed by atoms with Crippen molar-refractivity contribution in [2.45, 2.75) is 33.1 Å². The van der Waals surface area contributed by atoms with Gasteiger partial charge in [-0.25, -0.2) is 4.98 Å². The molecule has 96 valence electrons. The Morgan fingerprint density at radius 1 is 1.56 bits per heavy atom. The van der Waals surface area contributed by atoms with E-state index in [9.17, 15) is 9.59 Å². The maximum atomic E-state index is 12.6. The third-order valence-electron chi connectivity index (χ3n) is 4.94. The number of aromatic nitrogens is 1. The average Bonchev–Trinajstić information content (AvgIpc) is 2.93. The van der Waals surface area contributed by atoms with Gasteiger partial charge in [0.2, 0.25) is 5.91 Å². The summed E-state index contributed by atoms with van der Waals surface area (Å²) in [5.41, 5.74) is -1.06. The Morgan fingerprint density at radius 2 is 2.33 bits per heavy atom. The molecule has 0 aromatic carbocycles. The van der Waals surface area contributed by atoms with Crippen molar-refractivity contribution in [3.63, 3.8) is 0 Å². The topological polar surface area (TPSA) is 59.1 Å². The number of nitrogens with zero attached hydrogens (tertiary/aromatic N) is 1. The first-order chi connectivity index (χ1) is 8.48. The second-order valence-corrected chi connectivity index (χ2v) is 6.68. The molecule has 2 unspecified atom stereocenters. The third-order valence-corrected chi connectivity index (χ3v) is 5.63. The summed E-state index contributed by atoms with van der Waals surface area (Å²) in [5.74, 6) is 0.303. The van der Waals surface area contributed by atoms with Crippen LogP contribution in [0, 0.1) is 16.7 Å². The summed E-state index contributed by atoms with van der Waals surface area (Å²) < 4.78 is 0. The van der Waals surface area contributed by atoms with E-state index in [0.717, 1.165) is 6.42 Å². The predicted octanol–water partition coefficient (Wildman–Crippen LogP) is 2.48. The first-order valence-electron chi connectivity index (χ1n) is 6.23. The number of Topliss-reactive ketones (excluding diaryl/α,β-unsaturated/α-hetero) is 1. The van der Waals surface area contributed by atoms with E-state index in [1.807, 2.05) is 5.38 Å². The molecule has 2 atom stereocenters. The van der Waals surface area contributed by atoms with Gasteiger partial charge in [0.05, 0.1) is 0 Å². The molecule has 2 aliphatic rings. The number of carbonyl (C=O) groups excluding carboxylic acids is 2. The maximum Gasteiger partial charge on any atom is 0.240 e. The van der Waals surface area contributed by atoms with Crippen molar-refractivity contribution in [3.8, 4) is 0 Å². The zero-order valence-electron chi connectivity index (χ0n) is 10.5. The molecule has 1 aromatic heterocycles. The Kier molecular flexibility index (Phi) is 2.39. The van der Waals surface area contributed by atoms with Crippen molar-refractivity contribution in [2.75, 3.05) is 5.32 Å². The number of nitrogens with one attached hydrogen (secondary N) is 1. The van der Waals surface area contributed by atoms with Crippen LogP contribution >= 0.6 is 11.3 Å². The SMILES string of the molecule is CC1(C)C2CCC1(C(=O)Nc1nccs1)C(=O)C2. The quantitative estimate of drug-likeness (QED) is 0.835. The Morgan fingerprint density at radius 3 is 2.83 bits per heavy atom. The number of carbonyl (C=O) groups is 2. The minimum absolute atomic E-state index is 0.109. The van der Waals surface area contributed by atoms with Crippen molar-refractivity contribution in [2.24, 2.45) is 16.7 Å². The highest BCUT2D eigenvalue weighted by Crippen LogP contribution is 2.64. The molecule has 2 aliphatic carbocycles. The molecule has 2 saturated carbocycles. The molecule has 1 N–H and O–H groups in total. The molecule has 5 heteroatoms. The van der Waals surface area contributed by atoms with E-state index in [4.69, 9.17) is 0 Å². The van der Waals surface area contributed by atoms with E-state index in [1.165, 1.54) is 11.3 Å². The monoisotopic (exact) mass is 264 g/mol. The number of ketones is 1. The summed E-state index contributed by atoms with van der Waals surface area (Å²) in [6.07, 6.45) is 3.86. The van der Waals surface area contributed by atoms with Crippen LogP contribution in [0.2, 0.25) is 0 Å². The Balaban J connectivity index is 1.94. The molecule has 0 radical (unpaired) electrons. The van der Waals surface area contributed by atoms with E-state index >= 15 is 0 Å². The van der Waals surface area contributed by atoms with Crippen LogP contribution in [0.4, 0.5) is 5.13 Å². The minimum Gasteiger partial charge on any atom is -0.301 e. The van der Waals surface area contributed by atoms with Crippen LogP contribution in [0.3, 0.4) is 0 Å². The normalized spacial score (nSPS) is 32.8. The van der Waals surface area contributed by atoms with Crippen molar-refractivity contribution < 1.29 is 9.59 Å². The van der Waals surface area contributed by atoms with Crippen LogP contribution in [0.15, 0.2) is 11.6 Å². The molecule has 1 aromatic rings. The van der Waals surface area contributed by atoms with Gasteiger partial charge in [-0.3, -0.25) is 9.59 Å². The third kappa shape index (κ3) is 1.28. The Bertz CT molecular complexity index is 509. The molecule has 1 amide bonds. The van der Waals surface area contributed by atoms with Crippen LogP contribution in [0.25, 0.3) is 0 Å². The van der Waals surface area contributed by atoms with Gasteiger partial charge in [-0.15, -0.1) is 11.3 Å². The van der Waals surface area contributed by atoms with Crippen LogP contribution in [-0.4, -0.2) is 16.7 Å². The number of amides is 1. The minimum atomic E-state index is -0.830. The van der Waals surface area contributed by atoms with Gasteiger partial charge in [0, 0.05) is 18.0 Å². The standard InChI is InChI=1S/C13H16N2O2S/c1-12(2)8-3-4-13(12,9(16)7-8)10(17)15-11-14-5-6-18-11/h5-6,8H,3-4,7H2,1-2H3,(H,14,15,17). The first-order valence-corrected chi connectivity index (χ1v) is 7.11. The van der Waals surface area contributed by atoms with E-state index in [0.29, 0.717) is 23.9 Å². The molecule has 0 spiro atoms. The highest BCUT2D eigenvalue weighted by molar-refractivity contribution is 7.13. The van der Waals surface area contributed by atoms with Crippen molar-refractivity contribution >= 4 is 28.2 Å². The lowest BCUT2D eigenvalue weighted by atomic mass is 9.68. The summed E-state index contributed by atoms with van der Waals surface area (Å²) >= 11 is 1.38. The highest BCUT2D eigenvalue weighted by Gasteiger charge is 2.68. The molecular formula is C13H16N2O2S. The predicted molar refractivity (Wildman–Crippen MR) is 69.3 cm³/mol. The highest BCUT2D eigenvalue weighted by atomic mass is 32.1. The number of rotatable bonds is 2. The number of fused-ring (bicyclic) bond motifs is 2. The fourth-order valence-corrected chi connectivity index (χ4v) is 4.22. The number of anilines is 1. The van der Waals surface area contributed by atoms with Gasteiger partial charge in [-0.1, -0.05) is 13.8 Å². The number of thiazole rings is 1. The summed E-state index contributed by atoms with van der Waals surface area (Å²) in [5, 5.41) is 5.20. The van der Waals surface area contributed by atoms with Gasteiger partial charge in [-0.05, 0) is 24.2 Å². The number of hydrogen-bond donors (Lipinski definition) is 1. The van der Waals surface area contributed by atoms with Crippen LogP contribution in [0.5, 0.6) is 0 Å². The zero-order chi connectivity index (χ0) is 13.0. The molecule has 0 aliphatic heterocycles. The second kappa shape index (κ2) is 3.63. The fourth-order valence-electron chi connectivity index (χ4n) is 3.70. The van der Waals surface area contributed by atoms with E-state index in [1.54, 1.807) is 6.20 Å². The van der Waals surface area contributed by atoms with E-state index < -0.39 is 5.41 Å². The maximum absolute atomic E-state index is 12.6. The van der Waals surface area contributed by atoms with Gasteiger partial charge in [0.15, 0.2) is 5.13 Å². The molecule has 2 fully saturated rings. The van der Waals surface area contributed by atoms with Crippen LogP contribution in [0.1, 0.15) is 33.1 Å². The van der Waals surface area contributed by atoms with Gasteiger partial charge >= 0.3 is 0 Å². The molecule has 2 bridgehead atoms. The Hall–Kier alpha value is -1.23. The molecule has 1 heterocycles. The lowest BCUT2D eigenvalue weighted by molar-refractivity contribution is -0.141. The van der Waals surface area contributed by atoms with Gasteiger partial charge in [-0.2, -0.15) is 0 Å². The Labute approximate surface area is 110 Å². The van der Waals surface area contributed by atoms with Gasteiger partial charge in [0.1, 0.15) is 11.2 Å². The molecular weight excluding hydrogens is 248 g/mol. The van der Waals surface area contributed by atoms with E-state index in [-0.39, 0.29) is 17.1 Å². The van der Waals surface area contributed by atoms with Crippen molar-refractivity contribution in [1.29, 1.82) is 0 Å². The number of hydrogen-bond acceptors (Lipinski definition) is 4. The largest absolute Gasteiger partial charge is 0.301 e. The van der Waals surface area contributed by atoms with Crippen molar-refractivity contribution in [1.82, 2.24) is 4.98 Å². The zero-order valence-corrected chi connectivity index (χ0v) is 11.3. The summed E-state index contributed by atoms with van der Waals surface area (Å²) in [6, 6.07) is 0. The smallest absolute Gasteiger partial charge is 0.240 e. The molecule has 18 heavy (non-hydrogen) atoms. The fraction of sp³-hybridized carbons (Fsp3) is 0.615. The van der Waals surface area contributed by atoms with Crippen LogP contribution in [-0.2, 0) is 9.59 Å². The molecule has 0 saturated heterocycles. The second-order valence-electron chi connectivity index (χ2n) is 5.78. The molecule has 4 nitrogen and oxygen atoms in total. The lowest BCUT2D eigenvalue weighted by Crippen LogP contribution is -2.46. The van der Waals surface area contributed by atoms with Crippen molar-refractivity contribution in [3.05, 3.63) is 11.6 Å². The summed E-state index contributed by atoms with van der Waals surface area (Å²) in [7, 11) is 0. The van der Waals surface area contributed by atoms with Crippen LogP contribution < -0.4 is 5.32 Å². The average molecular weight is 264 g/mol. The summed E-state index contributed by atoms with van der Waals surface area (Å²) in [6.45, 7) is 4.11. The van der Waals surface area contributed by atoms with E-state index in [2.05, 4.69) is 24.1 Å².